The van der Waals surface area contributed by atoms with Crippen LogP contribution in [0.4, 0.5) is 17.1 Å². The molecule has 1 saturated heterocycles. The topological polar surface area (TPSA) is 74.2 Å². The highest BCUT2D eigenvalue weighted by molar-refractivity contribution is 6.24. The zero-order valence-electron chi connectivity index (χ0n) is 21.1. The predicted octanol–water partition coefficient (Wildman–Crippen LogP) is 4.62. The Morgan fingerprint density at radius 1 is 1.00 bits per heavy atom. The molecule has 0 spiro atoms. The SMILES string of the molecule is CCC(=O)N(CCN1CCOCC1)c1ccc(N=C(c2ccccc2)C2C(=O)Nc3ccccc32)cc1. The number of para-hydroxylation sites is 1. The number of aliphatic imine (C=N–C) groups is 1. The van der Waals surface area contributed by atoms with Gasteiger partial charge in [0.25, 0.3) is 0 Å². The van der Waals surface area contributed by atoms with Crippen LogP contribution in [0.5, 0.6) is 0 Å². The monoisotopic (exact) mass is 496 g/mol. The van der Waals surface area contributed by atoms with Crippen molar-refractivity contribution in [1.82, 2.24) is 4.90 Å². The Labute approximate surface area is 217 Å². The number of carbonyl (C=O) groups is 2. The second-order valence-corrected chi connectivity index (χ2v) is 9.24. The lowest BCUT2D eigenvalue weighted by molar-refractivity contribution is -0.118. The smallest absolute Gasteiger partial charge is 0.238 e. The molecule has 0 aliphatic carbocycles. The Hall–Kier alpha value is -3.81. The van der Waals surface area contributed by atoms with Crippen LogP contribution in [0.3, 0.4) is 0 Å². The molecular formula is C30H32N4O3. The Morgan fingerprint density at radius 2 is 1.70 bits per heavy atom. The molecule has 1 N–H and O–H groups in total. The Kier molecular flexibility index (Phi) is 7.73. The summed E-state index contributed by atoms with van der Waals surface area (Å²) >= 11 is 0. The van der Waals surface area contributed by atoms with Crippen LogP contribution in [0.15, 0.2) is 83.9 Å². The van der Waals surface area contributed by atoms with Crippen molar-refractivity contribution in [1.29, 1.82) is 0 Å². The highest BCUT2D eigenvalue weighted by Crippen LogP contribution is 2.36. The molecule has 2 heterocycles. The van der Waals surface area contributed by atoms with Gasteiger partial charge in [-0.05, 0) is 41.5 Å². The molecule has 1 fully saturated rings. The Morgan fingerprint density at radius 3 is 2.43 bits per heavy atom. The van der Waals surface area contributed by atoms with Gasteiger partial charge in [0.05, 0.1) is 24.6 Å². The summed E-state index contributed by atoms with van der Waals surface area (Å²) in [5.41, 5.74) is 4.93. The number of rotatable bonds is 8. The number of fused-ring (bicyclic) bond motifs is 1. The summed E-state index contributed by atoms with van der Waals surface area (Å²) in [6.07, 6.45) is 0.442. The molecule has 0 radical (unpaired) electrons. The second-order valence-electron chi connectivity index (χ2n) is 9.24. The molecule has 0 aromatic heterocycles. The van der Waals surface area contributed by atoms with Gasteiger partial charge in [0.2, 0.25) is 11.8 Å². The molecule has 3 aromatic carbocycles. The number of anilines is 2. The normalized spacial score (nSPS) is 17.8. The third kappa shape index (κ3) is 5.63. The lowest BCUT2D eigenvalue weighted by atomic mass is 9.90. The number of ether oxygens (including phenoxy) is 1. The van der Waals surface area contributed by atoms with Crippen molar-refractivity contribution in [3.63, 3.8) is 0 Å². The largest absolute Gasteiger partial charge is 0.379 e. The van der Waals surface area contributed by atoms with E-state index in [0.717, 1.165) is 61.0 Å². The first-order chi connectivity index (χ1) is 18.1. The number of carbonyl (C=O) groups excluding carboxylic acids is 2. The molecule has 1 unspecified atom stereocenters. The van der Waals surface area contributed by atoms with Gasteiger partial charge in [-0.25, -0.2) is 0 Å². The van der Waals surface area contributed by atoms with Crippen molar-refractivity contribution in [3.05, 3.63) is 90.0 Å². The van der Waals surface area contributed by atoms with Crippen molar-refractivity contribution >= 4 is 34.6 Å². The van der Waals surface area contributed by atoms with Crippen LogP contribution in [0, 0.1) is 0 Å². The van der Waals surface area contributed by atoms with Gasteiger partial charge in [0.15, 0.2) is 0 Å². The number of hydrogen-bond acceptors (Lipinski definition) is 5. The van der Waals surface area contributed by atoms with Crippen LogP contribution in [0.25, 0.3) is 0 Å². The van der Waals surface area contributed by atoms with Crippen LogP contribution >= 0.6 is 0 Å². The maximum Gasteiger partial charge on any atom is 0.238 e. The minimum absolute atomic E-state index is 0.0803. The van der Waals surface area contributed by atoms with Crippen molar-refractivity contribution < 1.29 is 14.3 Å². The van der Waals surface area contributed by atoms with Crippen molar-refractivity contribution in [2.24, 2.45) is 4.99 Å². The van der Waals surface area contributed by atoms with E-state index < -0.39 is 5.92 Å². The maximum atomic E-state index is 13.0. The second kappa shape index (κ2) is 11.5. The minimum atomic E-state index is -0.495. The van der Waals surface area contributed by atoms with Gasteiger partial charge < -0.3 is 15.0 Å². The molecule has 5 rings (SSSR count). The zero-order valence-corrected chi connectivity index (χ0v) is 21.1. The van der Waals surface area contributed by atoms with Gasteiger partial charge in [0.1, 0.15) is 5.92 Å². The first kappa shape index (κ1) is 24.9. The summed E-state index contributed by atoms with van der Waals surface area (Å²) in [6.45, 7) is 6.58. The van der Waals surface area contributed by atoms with E-state index in [4.69, 9.17) is 9.73 Å². The van der Waals surface area contributed by atoms with Crippen LogP contribution < -0.4 is 10.2 Å². The minimum Gasteiger partial charge on any atom is -0.379 e. The molecule has 2 aliphatic heterocycles. The third-order valence-electron chi connectivity index (χ3n) is 6.89. The van der Waals surface area contributed by atoms with Crippen molar-refractivity contribution in [2.75, 3.05) is 49.6 Å². The lowest BCUT2D eigenvalue weighted by Crippen LogP contribution is -2.43. The Bertz CT molecular complexity index is 1270. The molecule has 3 aromatic rings. The summed E-state index contributed by atoms with van der Waals surface area (Å²) < 4.78 is 5.44. The van der Waals surface area contributed by atoms with E-state index in [0.29, 0.717) is 18.7 Å². The number of morpholine rings is 1. The van der Waals surface area contributed by atoms with Crippen LogP contribution in [-0.4, -0.2) is 61.8 Å². The first-order valence-corrected chi connectivity index (χ1v) is 12.9. The highest BCUT2D eigenvalue weighted by Gasteiger charge is 2.35. The molecule has 0 saturated carbocycles. The molecule has 37 heavy (non-hydrogen) atoms. The number of nitrogens with one attached hydrogen (secondary N) is 1. The van der Waals surface area contributed by atoms with Crippen molar-refractivity contribution in [3.8, 4) is 0 Å². The van der Waals surface area contributed by atoms with Gasteiger partial charge in [-0.1, -0.05) is 55.5 Å². The fraction of sp³-hybridized carbons (Fsp3) is 0.300. The highest BCUT2D eigenvalue weighted by atomic mass is 16.5. The number of hydrogen-bond donors (Lipinski definition) is 1. The van der Waals surface area contributed by atoms with Gasteiger partial charge in [-0.15, -0.1) is 0 Å². The summed E-state index contributed by atoms with van der Waals surface area (Å²) in [5.74, 6) is -0.484. The average molecular weight is 497 g/mol. The lowest BCUT2D eigenvalue weighted by Gasteiger charge is -2.30. The van der Waals surface area contributed by atoms with E-state index in [9.17, 15) is 9.59 Å². The molecule has 1 atom stereocenters. The van der Waals surface area contributed by atoms with Gasteiger partial charge in [0, 0.05) is 44.0 Å². The molecule has 2 amide bonds. The van der Waals surface area contributed by atoms with E-state index in [1.807, 2.05) is 90.7 Å². The predicted molar refractivity (Wildman–Crippen MR) is 147 cm³/mol. The number of amides is 2. The van der Waals surface area contributed by atoms with E-state index >= 15 is 0 Å². The quantitative estimate of drug-likeness (QED) is 0.462. The standard InChI is InChI=1S/C30H32N4O3/c1-2-27(35)34(17-16-33-18-20-37-21-19-33)24-14-12-23(13-15-24)31-29(22-8-4-3-5-9-22)28-25-10-6-7-11-26(25)32-30(28)36/h3-15,28H,2,16-21H2,1H3,(H,32,36). The molecule has 2 aliphatic rings. The summed E-state index contributed by atoms with van der Waals surface area (Å²) in [5, 5.41) is 2.99. The average Bonchev–Trinajstić information content (AvgIpc) is 3.28. The van der Waals surface area contributed by atoms with Crippen LogP contribution in [0.1, 0.15) is 30.4 Å². The summed E-state index contributed by atoms with van der Waals surface area (Å²) in [7, 11) is 0. The number of benzene rings is 3. The fourth-order valence-corrected chi connectivity index (χ4v) is 4.89. The van der Waals surface area contributed by atoms with E-state index in [1.165, 1.54) is 0 Å². The molecule has 7 heteroatoms. The van der Waals surface area contributed by atoms with E-state index in [2.05, 4.69) is 10.2 Å². The van der Waals surface area contributed by atoms with E-state index in [-0.39, 0.29) is 11.8 Å². The van der Waals surface area contributed by atoms with Gasteiger partial charge in [-0.3, -0.25) is 19.5 Å². The molecular weight excluding hydrogens is 464 g/mol. The van der Waals surface area contributed by atoms with Gasteiger partial charge >= 0.3 is 0 Å². The fourth-order valence-electron chi connectivity index (χ4n) is 4.89. The zero-order chi connectivity index (χ0) is 25.6. The van der Waals surface area contributed by atoms with Crippen LogP contribution in [-0.2, 0) is 14.3 Å². The summed E-state index contributed by atoms with van der Waals surface area (Å²) in [4.78, 5) is 35.0. The van der Waals surface area contributed by atoms with E-state index in [1.54, 1.807) is 0 Å². The first-order valence-electron chi connectivity index (χ1n) is 12.9. The third-order valence-corrected chi connectivity index (χ3v) is 6.89. The molecule has 190 valence electrons. The number of nitrogens with zero attached hydrogens (tertiary/aromatic N) is 3. The maximum absolute atomic E-state index is 13.0. The van der Waals surface area contributed by atoms with Crippen molar-refractivity contribution in [2.45, 2.75) is 19.3 Å². The summed E-state index contributed by atoms with van der Waals surface area (Å²) in [6, 6.07) is 25.3. The Balaban J connectivity index is 1.43. The molecule has 0 bridgehead atoms. The molecule has 7 nitrogen and oxygen atoms in total. The van der Waals surface area contributed by atoms with Crippen LogP contribution in [0.2, 0.25) is 0 Å². The van der Waals surface area contributed by atoms with Gasteiger partial charge in [-0.2, -0.15) is 0 Å².